The molecule has 24 heavy (non-hydrogen) atoms. The number of piperidine rings is 1. The number of imidazole rings is 1. The number of alkyl halides is 2. The summed E-state index contributed by atoms with van der Waals surface area (Å²) in [5.41, 5.74) is 0.182. The van der Waals surface area contributed by atoms with E-state index in [2.05, 4.69) is 9.72 Å². The van der Waals surface area contributed by atoms with Gasteiger partial charge in [-0.15, -0.1) is 0 Å². The first-order chi connectivity index (χ1) is 11.6. The van der Waals surface area contributed by atoms with Crippen molar-refractivity contribution in [2.45, 2.75) is 26.0 Å². The van der Waals surface area contributed by atoms with Crippen molar-refractivity contribution in [2.24, 2.45) is 5.92 Å². The minimum atomic E-state index is -2.95. The average Bonchev–Trinajstić information content (AvgIpc) is 3.07. The highest BCUT2D eigenvalue weighted by Gasteiger charge is 2.26. The molecule has 0 radical (unpaired) electrons. The second kappa shape index (κ2) is 7.42. The maximum absolute atomic E-state index is 12.7. The van der Waals surface area contributed by atoms with E-state index in [0.717, 1.165) is 19.4 Å². The van der Waals surface area contributed by atoms with E-state index in [1.165, 1.54) is 12.1 Å². The number of para-hydroxylation sites is 1. The highest BCUT2D eigenvalue weighted by molar-refractivity contribution is 5.97. The van der Waals surface area contributed by atoms with Crippen LogP contribution < -0.4 is 4.74 Å². The van der Waals surface area contributed by atoms with Crippen molar-refractivity contribution >= 4 is 5.91 Å². The van der Waals surface area contributed by atoms with Gasteiger partial charge in [0.2, 0.25) is 0 Å². The summed E-state index contributed by atoms with van der Waals surface area (Å²) >= 11 is 0. The number of carbonyl (C=O) groups is 1. The number of aromatic nitrogens is 2. The second-order valence-electron chi connectivity index (χ2n) is 5.89. The summed E-state index contributed by atoms with van der Waals surface area (Å²) in [6, 6.07) is 6.15. The standard InChI is InChI=1S/C17H19F2N3O2/c18-17(19)24-15-6-2-1-5-14(15)16(23)22-8-3-4-13(11-22)10-21-9-7-20-12-21/h1-2,5-7,9,12-13,17H,3-4,8,10-11H2/t13-/m1/s1. The first-order valence-corrected chi connectivity index (χ1v) is 7.92. The highest BCUT2D eigenvalue weighted by Crippen LogP contribution is 2.25. The van der Waals surface area contributed by atoms with Gasteiger partial charge in [0, 0.05) is 32.0 Å². The molecule has 0 aliphatic carbocycles. The van der Waals surface area contributed by atoms with Gasteiger partial charge >= 0.3 is 6.61 Å². The Morgan fingerprint density at radius 1 is 1.38 bits per heavy atom. The van der Waals surface area contributed by atoms with E-state index in [4.69, 9.17) is 0 Å². The third-order valence-corrected chi connectivity index (χ3v) is 4.17. The molecule has 1 saturated heterocycles. The summed E-state index contributed by atoms with van der Waals surface area (Å²) in [4.78, 5) is 18.5. The number of halogens is 2. The molecule has 1 fully saturated rings. The Hall–Kier alpha value is -2.44. The average molecular weight is 335 g/mol. The number of ether oxygens (including phenoxy) is 1. The highest BCUT2D eigenvalue weighted by atomic mass is 19.3. The topological polar surface area (TPSA) is 47.4 Å². The summed E-state index contributed by atoms with van der Waals surface area (Å²) in [7, 11) is 0. The molecule has 0 N–H and O–H groups in total. The molecule has 128 valence electrons. The van der Waals surface area contributed by atoms with E-state index < -0.39 is 6.61 Å². The van der Waals surface area contributed by atoms with Crippen LogP contribution in [-0.2, 0) is 6.54 Å². The molecule has 0 spiro atoms. The Morgan fingerprint density at radius 3 is 2.96 bits per heavy atom. The maximum atomic E-state index is 12.7. The monoisotopic (exact) mass is 335 g/mol. The Bertz CT molecular complexity index is 676. The van der Waals surface area contributed by atoms with Crippen LogP contribution in [0.2, 0.25) is 0 Å². The van der Waals surface area contributed by atoms with Crippen molar-refractivity contribution < 1.29 is 18.3 Å². The van der Waals surface area contributed by atoms with E-state index in [-0.39, 0.29) is 17.2 Å². The van der Waals surface area contributed by atoms with Crippen LogP contribution in [-0.4, -0.2) is 40.1 Å². The first-order valence-electron chi connectivity index (χ1n) is 7.92. The van der Waals surface area contributed by atoms with Crippen molar-refractivity contribution in [2.75, 3.05) is 13.1 Å². The largest absolute Gasteiger partial charge is 0.434 e. The number of hydrogen-bond donors (Lipinski definition) is 0. The Labute approximate surface area is 138 Å². The Kier molecular flexibility index (Phi) is 5.08. The summed E-state index contributed by atoms with van der Waals surface area (Å²) < 4.78 is 31.5. The molecule has 2 heterocycles. The molecule has 1 aliphatic heterocycles. The molecule has 1 aromatic carbocycles. The SMILES string of the molecule is O=C(c1ccccc1OC(F)F)N1CCC[C@H](Cn2ccnc2)C1. The zero-order chi connectivity index (χ0) is 16.9. The molecule has 1 amide bonds. The van der Waals surface area contributed by atoms with Crippen molar-refractivity contribution in [3.05, 3.63) is 48.5 Å². The fraction of sp³-hybridized carbons (Fsp3) is 0.412. The van der Waals surface area contributed by atoms with Gasteiger partial charge in [0.05, 0.1) is 11.9 Å². The van der Waals surface area contributed by atoms with Crippen molar-refractivity contribution in [3.8, 4) is 5.75 Å². The molecular weight excluding hydrogens is 316 g/mol. The van der Waals surface area contributed by atoms with E-state index >= 15 is 0 Å². The number of likely N-dealkylation sites (tertiary alicyclic amines) is 1. The molecule has 0 unspecified atom stereocenters. The number of hydrogen-bond acceptors (Lipinski definition) is 3. The molecule has 0 bridgehead atoms. The lowest BCUT2D eigenvalue weighted by Gasteiger charge is -2.33. The molecule has 1 aromatic heterocycles. The molecule has 5 nitrogen and oxygen atoms in total. The number of amides is 1. The van der Waals surface area contributed by atoms with Crippen LogP contribution in [0.1, 0.15) is 23.2 Å². The molecule has 1 atom stereocenters. The minimum absolute atomic E-state index is 0.0748. The quantitative estimate of drug-likeness (QED) is 0.844. The van der Waals surface area contributed by atoms with Crippen LogP contribution in [0.3, 0.4) is 0 Å². The zero-order valence-electron chi connectivity index (χ0n) is 13.1. The van der Waals surface area contributed by atoms with Gasteiger partial charge in [0.25, 0.3) is 5.91 Å². The lowest BCUT2D eigenvalue weighted by molar-refractivity contribution is -0.0503. The van der Waals surface area contributed by atoms with E-state index in [9.17, 15) is 13.6 Å². The van der Waals surface area contributed by atoms with Gasteiger partial charge in [0.15, 0.2) is 0 Å². The molecule has 7 heteroatoms. The Balaban J connectivity index is 1.70. The lowest BCUT2D eigenvalue weighted by atomic mass is 9.97. The second-order valence-corrected chi connectivity index (χ2v) is 5.89. The smallest absolute Gasteiger partial charge is 0.387 e. The third-order valence-electron chi connectivity index (χ3n) is 4.17. The number of carbonyl (C=O) groups excluding carboxylic acids is 1. The van der Waals surface area contributed by atoms with E-state index in [1.54, 1.807) is 29.6 Å². The number of nitrogens with zero attached hydrogens (tertiary/aromatic N) is 3. The number of rotatable bonds is 5. The van der Waals surface area contributed by atoms with Gasteiger partial charge in [-0.3, -0.25) is 4.79 Å². The fourth-order valence-electron chi connectivity index (χ4n) is 3.10. The summed E-state index contributed by atoms with van der Waals surface area (Å²) in [5.74, 6) is -0.0177. The van der Waals surface area contributed by atoms with Crippen molar-refractivity contribution in [3.63, 3.8) is 0 Å². The van der Waals surface area contributed by atoms with E-state index in [0.29, 0.717) is 19.0 Å². The normalized spacial score (nSPS) is 18.0. The van der Waals surface area contributed by atoms with Crippen LogP contribution in [0.25, 0.3) is 0 Å². The predicted octanol–water partition coefficient (Wildman–Crippen LogP) is 3.04. The Morgan fingerprint density at radius 2 is 2.21 bits per heavy atom. The zero-order valence-corrected chi connectivity index (χ0v) is 13.1. The van der Waals surface area contributed by atoms with Crippen LogP contribution >= 0.6 is 0 Å². The van der Waals surface area contributed by atoms with Gasteiger partial charge in [-0.2, -0.15) is 8.78 Å². The third kappa shape index (κ3) is 3.90. The molecule has 1 aliphatic rings. The molecule has 0 saturated carbocycles. The van der Waals surface area contributed by atoms with Gasteiger partial charge in [-0.1, -0.05) is 12.1 Å². The fourth-order valence-corrected chi connectivity index (χ4v) is 3.10. The van der Waals surface area contributed by atoms with Gasteiger partial charge in [0.1, 0.15) is 5.75 Å². The maximum Gasteiger partial charge on any atom is 0.387 e. The van der Waals surface area contributed by atoms with Crippen LogP contribution in [0, 0.1) is 5.92 Å². The number of benzene rings is 1. The molecule has 2 aromatic rings. The predicted molar refractivity (Wildman–Crippen MR) is 83.9 cm³/mol. The lowest BCUT2D eigenvalue weighted by Crippen LogP contribution is -2.41. The van der Waals surface area contributed by atoms with E-state index in [1.807, 2.05) is 10.8 Å². The van der Waals surface area contributed by atoms with Crippen molar-refractivity contribution in [1.29, 1.82) is 0 Å². The molecule has 3 rings (SSSR count). The summed E-state index contributed by atoms with van der Waals surface area (Å²) in [5, 5.41) is 0. The van der Waals surface area contributed by atoms with Gasteiger partial charge in [-0.05, 0) is 30.9 Å². The summed E-state index contributed by atoms with van der Waals surface area (Å²) in [6.07, 6.45) is 7.29. The molecular formula is C17H19F2N3O2. The first kappa shape index (κ1) is 16.4. The van der Waals surface area contributed by atoms with Gasteiger partial charge in [-0.25, -0.2) is 4.98 Å². The van der Waals surface area contributed by atoms with Crippen LogP contribution in [0.15, 0.2) is 43.0 Å². The van der Waals surface area contributed by atoms with Crippen LogP contribution in [0.4, 0.5) is 8.78 Å². The van der Waals surface area contributed by atoms with Crippen LogP contribution in [0.5, 0.6) is 5.75 Å². The minimum Gasteiger partial charge on any atom is -0.434 e. The van der Waals surface area contributed by atoms with Crippen molar-refractivity contribution in [1.82, 2.24) is 14.5 Å². The summed E-state index contributed by atoms with van der Waals surface area (Å²) in [6.45, 7) is -0.935. The van der Waals surface area contributed by atoms with Gasteiger partial charge < -0.3 is 14.2 Å².